The summed E-state index contributed by atoms with van der Waals surface area (Å²) < 4.78 is 13.0. The maximum Gasteiger partial charge on any atom is 0.381 e. The molecule has 0 saturated heterocycles. The monoisotopic (exact) mass is 248 g/mol. The molecule has 1 N–H and O–H groups in total. The highest BCUT2D eigenvalue weighted by molar-refractivity contribution is 5.86. The molecule has 96 valence electrons. The first-order valence-corrected chi connectivity index (χ1v) is 5.69. The maximum absolute atomic E-state index is 13.0. The van der Waals surface area contributed by atoms with Gasteiger partial charge < -0.3 is 5.11 Å². The van der Waals surface area contributed by atoms with E-state index in [-0.39, 0.29) is 11.2 Å². The van der Waals surface area contributed by atoms with Gasteiger partial charge in [0, 0.05) is 5.92 Å². The van der Waals surface area contributed by atoms with Crippen molar-refractivity contribution in [3.8, 4) is 11.8 Å². The summed E-state index contributed by atoms with van der Waals surface area (Å²) in [5, 5.41) is 8.70. The van der Waals surface area contributed by atoms with Crippen LogP contribution in [0.4, 0.5) is 4.39 Å². The van der Waals surface area contributed by atoms with Gasteiger partial charge in [0.1, 0.15) is 5.82 Å². The van der Waals surface area contributed by atoms with Gasteiger partial charge in [-0.1, -0.05) is 38.8 Å². The van der Waals surface area contributed by atoms with E-state index in [1.165, 1.54) is 12.1 Å². The minimum Gasteiger partial charge on any atom is -0.472 e. The number of carboxylic acids is 1. The second-order valence-electron chi connectivity index (χ2n) is 5.44. The highest BCUT2D eigenvalue weighted by atomic mass is 19.1. The molecule has 0 aromatic heterocycles. The molecule has 3 heteroatoms. The molecule has 0 bridgehead atoms. The first-order chi connectivity index (χ1) is 8.17. The first kappa shape index (κ1) is 14.2. The molecule has 0 saturated carbocycles. The van der Waals surface area contributed by atoms with Crippen LogP contribution in [0.1, 0.15) is 33.3 Å². The zero-order valence-electron chi connectivity index (χ0n) is 11.0. The standard InChI is InChI=1S/C15H17FO2/c1-14(2,3)15(4,10-9-13(17)18)11-5-7-12(16)8-6-11/h5-8H,1-4H3,(H,17,18)/t15-/m1/s1. The van der Waals surface area contributed by atoms with Gasteiger partial charge in [-0.05, 0) is 30.0 Å². The first-order valence-electron chi connectivity index (χ1n) is 5.69. The summed E-state index contributed by atoms with van der Waals surface area (Å²) in [5.74, 6) is 3.50. The molecule has 2 nitrogen and oxygen atoms in total. The van der Waals surface area contributed by atoms with Crippen LogP contribution in [0.2, 0.25) is 0 Å². The van der Waals surface area contributed by atoms with E-state index in [0.717, 1.165) is 5.56 Å². The predicted molar refractivity (Wildman–Crippen MR) is 68.6 cm³/mol. The molecule has 1 rings (SSSR count). The van der Waals surface area contributed by atoms with E-state index in [2.05, 4.69) is 11.8 Å². The van der Waals surface area contributed by atoms with E-state index in [1.807, 2.05) is 27.7 Å². The third kappa shape index (κ3) is 2.89. The summed E-state index contributed by atoms with van der Waals surface area (Å²) >= 11 is 0. The molecule has 0 amide bonds. The SMILES string of the molecule is CC(C)(C)[C@](C)(C#CC(=O)O)c1ccc(F)cc1. The van der Waals surface area contributed by atoms with Crippen molar-refractivity contribution in [1.82, 2.24) is 0 Å². The zero-order chi connectivity index (χ0) is 14.0. The van der Waals surface area contributed by atoms with Crippen molar-refractivity contribution in [2.24, 2.45) is 5.41 Å². The number of carboxylic acid groups (broad SMARTS) is 1. The van der Waals surface area contributed by atoms with Crippen LogP contribution >= 0.6 is 0 Å². The Morgan fingerprint density at radius 3 is 2.06 bits per heavy atom. The number of carbonyl (C=O) groups is 1. The van der Waals surface area contributed by atoms with Crippen LogP contribution in [0.25, 0.3) is 0 Å². The summed E-state index contributed by atoms with van der Waals surface area (Å²) in [5.41, 5.74) is -0.114. The van der Waals surface area contributed by atoms with Crippen molar-refractivity contribution in [3.63, 3.8) is 0 Å². The lowest BCUT2D eigenvalue weighted by Gasteiger charge is -2.38. The topological polar surface area (TPSA) is 37.3 Å². The quantitative estimate of drug-likeness (QED) is 0.775. The van der Waals surface area contributed by atoms with Crippen molar-refractivity contribution in [2.45, 2.75) is 33.1 Å². The summed E-state index contributed by atoms with van der Waals surface area (Å²) in [7, 11) is 0. The van der Waals surface area contributed by atoms with Crippen molar-refractivity contribution < 1.29 is 14.3 Å². The largest absolute Gasteiger partial charge is 0.472 e. The van der Waals surface area contributed by atoms with Crippen molar-refractivity contribution in [1.29, 1.82) is 0 Å². The Balaban J connectivity index is 3.35. The van der Waals surface area contributed by atoms with E-state index < -0.39 is 11.4 Å². The van der Waals surface area contributed by atoms with E-state index in [4.69, 9.17) is 5.11 Å². The average Bonchev–Trinajstić information content (AvgIpc) is 2.25. The van der Waals surface area contributed by atoms with E-state index >= 15 is 0 Å². The highest BCUT2D eigenvalue weighted by Gasteiger charge is 2.37. The van der Waals surface area contributed by atoms with Crippen LogP contribution in [-0.2, 0) is 10.2 Å². The fourth-order valence-electron chi connectivity index (χ4n) is 1.65. The number of rotatable bonds is 1. The number of hydrogen-bond acceptors (Lipinski definition) is 1. The molecule has 0 heterocycles. The van der Waals surface area contributed by atoms with Gasteiger partial charge in [0.15, 0.2) is 0 Å². The molecular formula is C15H17FO2. The van der Waals surface area contributed by atoms with Crippen LogP contribution in [0, 0.1) is 23.1 Å². The molecule has 0 aliphatic heterocycles. The van der Waals surface area contributed by atoms with E-state index in [1.54, 1.807) is 12.1 Å². The van der Waals surface area contributed by atoms with Crippen molar-refractivity contribution >= 4 is 5.97 Å². The lowest BCUT2D eigenvalue weighted by Crippen LogP contribution is -2.36. The lowest BCUT2D eigenvalue weighted by molar-refractivity contribution is -0.130. The Hall–Kier alpha value is -1.82. The molecule has 0 unspecified atom stereocenters. The summed E-state index contributed by atoms with van der Waals surface area (Å²) in [4.78, 5) is 10.6. The van der Waals surface area contributed by atoms with E-state index in [0.29, 0.717) is 0 Å². The number of hydrogen-bond donors (Lipinski definition) is 1. The lowest BCUT2D eigenvalue weighted by atomic mass is 9.64. The number of benzene rings is 1. The van der Waals surface area contributed by atoms with Gasteiger partial charge in [-0.15, -0.1) is 0 Å². The van der Waals surface area contributed by atoms with E-state index in [9.17, 15) is 9.18 Å². The molecular weight excluding hydrogens is 231 g/mol. The Morgan fingerprint density at radius 1 is 1.17 bits per heavy atom. The molecule has 0 aliphatic rings. The number of halogens is 1. The van der Waals surface area contributed by atoms with Crippen LogP contribution < -0.4 is 0 Å². The second-order valence-corrected chi connectivity index (χ2v) is 5.44. The predicted octanol–water partition coefficient (Wildman–Crippen LogP) is 3.22. The van der Waals surface area contributed by atoms with Gasteiger partial charge in [-0.2, -0.15) is 0 Å². The Bertz CT molecular complexity index is 500. The normalized spacial score (nSPS) is 14.3. The average molecular weight is 248 g/mol. The molecule has 1 aromatic carbocycles. The summed E-state index contributed by atoms with van der Waals surface area (Å²) in [6.45, 7) is 7.81. The smallest absolute Gasteiger partial charge is 0.381 e. The fraction of sp³-hybridized carbons (Fsp3) is 0.400. The fourth-order valence-corrected chi connectivity index (χ4v) is 1.65. The minimum atomic E-state index is -1.16. The summed E-state index contributed by atoms with van der Waals surface area (Å²) in [6.07, 6.45) is 0. The third-order valence-electron chi connectivity index (χ3n) is 3.34. The molecule has 0 radical (unpaired) electrons. The Morgan fingerprint density at radius 2 is 1.67 bits per heavy atom. The molecule has 18 heavy (non-hydrogen) atoms. The summed E-state index contributed by atoms with van der Waals surface area (Å²) in [6, 6.07) is 6.03. The van der Waals surface area contributed by atoms with Crippen LogP contribution in [-0.4, -0.2) is 11.1 Å². The van der Waals surface area contributed by atoms with Crippen molar-refractivity contribution in [2.75, 3.05) is 0 Å². The van der Waals surface area contributed by atoms with Crippen LogP contribution in [0.5, 0.6) is 0 Å². The molecule has 1 atom stereocenters. The zero-order valence-corrected chi connectivity index (χ0v) is 11.0. The van der Waals surface area contributed by atoms with Gasteiger partial charge in [0.05, 0.1) is 5.41 Å². The highest BCUT2D eigenvalue weighted by Crippen LogP contribution is 2.40. The maximum atomic E-state index is 13.0. The Kier molecular flexibility index (Phi) is 3.81. The second kappa shape index (κ2) is 4.81. The molecule has 1 aromatic rings. The van der Waals surface area contributed by atoms with Gasteiger partial charge in [-0.25, -0.2) is 9.18 Å². The van der Waals surface area contributed by atoms with Gasteiger partial charge in [0.25, 0.3) is 0 Å². The van der Waals surface area contributed by atoms with Gasteiger partial charge in [-0.3, -0.25) is 0 Å². The minimum absolute atomic E-state index is 0.271. The van der Waals surface area contributed by atoms with Gasteiger partial charge >= 0.3 is 5.97 Å². The van der Waals surface area contributed by atoms with Crippen molar-refractivity contribution in [3.05, 3.63) is 35.6 Å². The number of aliphatic carboxylic acids is 1. The van der Waals surface area contributed by atoms with Gasteiger partial charge in [0.2, 0.25) is 0 Å². The molecule has 0 aliphatic carbocycles. The Labute approximate surface area is 107 Å². The molecule has 0 spiro atoms. The van der Waals surface area contributed by atoms with Crippen LogP contribution in [0.15, 0.2) is 24.3 Å². The molecule has 0 fully saturated rings. The van der Waals surface area contributed by atoms with Crippen LogP contribution in [0.3, 0.4) is 0 Å². The third-order valence-corrected chi connectivity index (χ3v) is 3.34.